The van der Waals surface area contributed by atoms with Crippen molar-refractivity contribution in [2.75, 3.05) is 38.2 Å². The molecule has 11 heteroatoms. The smallest absolute Gasteiger partial charge is 0.310 e. The first-order valence-corrected chi connectivity index (χ1v) is 11.3. The number of benzene rings is 1. The van der Waals surface area contributed by atoms with E-state index in [-0.39, 0.29) is 31.9 Å². The van der Waals surface area contributed by atoms with Gasteiger partial charge in [-0.05, 0) is 37.9 Å². The van der Waals surface area contributed by atoms with Crippen molar-refractivity contribution >= 4 is 17.3 Å². The van der Waals surface area contributed by atoms with E-state index < -0.39 is 35.2 Å². The highest BCUT2D eigenvalue weighted by Gasteiger charge is 2.40. The topological polar surface area (TPSA) is 166 Å². The molecule has 11 nitrogen and oxygen atoms in total. The zero-order chi connectivity index (χ0) is 24.4. The van der Waals surface area contributed by atoms with Crippen molar-refractivity contribution in [3.05, 3.63) is 33.9 Å². The number of unbranched alkanes of at least 4 members (excludes halogenated alkanes) is 3. The Kier molecular flexibility index (Phi) is 10.9. The maximum absolute atomic E-state index is 11.6. The molecule has 2 rings (SSSR count). The third kappa shape index (κ3) is 7.90. The molecule has 0 radical (unpaired) electrons. The second-order valence-corrected chi connectivity index (χ2v) is 8.22. The number of nitro groups is 1. The van der Waals surface area contributed by atoms with E-state index in [9.17, 15) is 35.3 Å². The Hall–Kier alpha value is -2.31. The molecule has 0 unspecified atom stereocenters. The Morgan fingerprint density at radius 3 is 2.61 bits per heavy atom. The van der Waals surface area contributed by atoms with Gasteiger partial charge in [-0.15, -0.1) is 0 Å². The maximum atomic E-state index is 11.6. The van der Waals surface area contributed by atoms with Crippen molar-refractivity contribution in [2.24, 2.45) is 0 Å². The molecule has 1 aromatic carbocycles. The van der Waals surface area contributed by atoms with E-state index in [4.69, 9.17) is 4.74 Å². The van der Waals surface area contributed by atoms with Gasteiger partial charge < -0.3 is 30.5 Å². The summed E-state index contributed by atoms with van der Waals surface area (Å²) in [5.41, 5.74) is 0.830. The van der Waals surface area contributed by atoms with Crippen LogP contribution in [0.3, 0.4) is 0 Å². The number of anilines is 1. The zero-order valence-electron chi connectivity index (χ0n) is 18.9. The van der Waals surface area contributed by atoms with Crippen LogP contribution in [0.4, 0.5) is 11.4 Å². The van der Waals surface area contributed by atoms with E-state index >= 15 is 0 Å². The summed E-state index contributed by atoms with van der Waals surface area (Å²) in [6, 6.07) is 4.05. The number of nitrogens with one attached hydrogen (secondary N) is 1. The predicted molar refractivity (Wildman–Crippen MR) is 121 cm³/mol. The lowest BCUT2D eigenvalue weighted by molar-refractivity contribution is -0.384. The summed E-state index contributed by atoms with van der Waals surface area (Å²) in [6.07, 6.45) is -0.208. The van der Waals surface area contributed by atoms with E-state index in [0.29, 0.717) is 24.3 Å². The van der Waals surface area contributed by atoms with Crippen LogP contribution in [0.25, 0.3) is 0 Å². The van der Waals surface area contributed by atoms with Crippen LogP contribution < -0.4 is 5.32 Å². The molecule has 1 aromatic rings. The van der Waals surface area contributed by atoms with Gasteiger partial charge in [0.25, 0.3) is 5.69 Å². The number of carbonyl (C=O) groups excluding carboxylic acids is 1. The van der Waals surface area contributed by atoms with Crippen molar-refractivity contribution < 1.29 is 34.9 Å². The summed E-state index contributed by atoms with van der Waals surface area (Å²) in [5.74, 6) is -0.428. The minimum absolute atomic E-state index is 0.0177. The Morgan fingerprint density at radius 2 is 1.94 bits per heavy atom. The number of rotatable bonds is 13. The first-order chi connectivity index (χ1) is 15.8. The van der Waals surface area contributed by atoms with Gasteiger partial charge in [-0.25, -0.2) is 0 Å². The summed E-state index contributed by atoms with van der Waals surface area (Å²) in [7, 11) is 0. The van der Waals surface area contributed by atoms with Crippen LogP contribution in [0.1, 0.15) is 38.2 Å². The van der Waals surface area contributed by atoms with Crippen molar-refractivity contribution in [2.45, 2.75) is 63.4 Å². The average molecular weight is 470 g/mol. The number of likely N-dealkylation sites (tertiary alicyclic amines) is 1. The third-order valence-corrected chi connectivity index (χ3v) is 5.82. The highest BCUT2D eigenvalue weighted by molar-refractivity contribution is 5.74. The molecule has 1 heterocycles. The zero-order valence-corrected chi connectivity index (χ0v) is 18.9. The van der Waals surface area contributed by atoms with Crippen molar-refractivity contribution in [1.29, 1.82) is 0 Å². The van der Waals surface area contributed by atoms with Gasteiger partial charge in [-0.1, -0.05) is 18.9 Å². The normalized spacial score (nSPS) is 23.3. The van der Waals surface area contributed by atoms with Crippen LogP contribution in [-0.2, 0) is 16.0 Å². The Morgan fingerprint density at radius 1 is 1.21 bits per heavy atom. The van der Waals surface area contributed by atoms with Crippen LogP contribution in [0.2, 0.25) is 0 Å². The van der Waals surface area contributed by atoms with Gasteiger partial charge in [0.2, 0.25) is 0 Å². The summed E-state index contributed by atoms with van der Waals surface area (Å²) < 4.78 is 4.88. The SMILES string of the molecule is CCOC(=O)Cc1ccc(NCCCCCCN2C[C@H](O)[C@@H](O)[C@H](O)[C@H]2CO)c([N+](=O)[O-])c1. The summed E-state index contributed by atoms with van der Waals surface area (Å²) >= 11 is 0. The van der Waals surface area contributed by atoms with Crippen LogP contribution in [0.5, 0.6) is 0 Å². The number of nitro benzene ring substituents is 1. The number of carbonyl (C=O) groups is 1. The first kappa shape index (κ1) is 26.9. The molecule has 1 saturated heterocycles. The molecule has 0 spiro atoms. The number of hydrogen-bond acceptors (Lipinski definition) is 10. The summed E-state index contributed by atoms with van der Waals surface area (Å²) in [4.78, 5) is 24.3. The molecule has 0 aliphatic carbocycles. The number of piperidine rings is 1. The average Bonchev–Trinajstić information content (AvgIpc) is 2.77. The van der Waals surface area contributed by atoms with E-state index in [2.05, 4.69) is 5.32 Å². The van der Waals surface area contributed by atoms with Crippen LogP contribution >= 0.6 is 0 Å². The fourth-order valence-electron chi connectivity index (χ4n) is 4.02. The fraction of sp³-hybridized carbons (Fsp3) is 0.682. The highest BCUT2D eigenvalue weighted by atomic mass is 16.6. The number of nitrogens with zero attached hydrogens (tertiary/aromatic N) is 2. The number of aliphatic hydroxyl groups excluding tert-OH is 4. The van der Waals surface area contributed by atoms with E-state index in [0.717, 1.165) is 25.7 Å². The lowest BCUT2D eigenvalue weighted by atomic mass is 9.94. The van der Waals surface area contributed by atoms with Gasteiger partial charge in [0.05, 0.1) is 36.7 Å². The maximum Gasteiger partial charge on any atom is 0.310 e. The van der Waals surface area contributed by atoms with Crippen molar-refractivity contribution in [3.8, 4) is 0 Å². The second kappa shape index (κ2) is 13.4. The quantitative estimate of drug-likeness (QED) is 0.118. The molecule has 186 valence electrons. The summed E-state index contributed by atoms with van der Waals surface area (Å²) in [5, 5.41) is 53.6. The van der Waals surface area contributed by atoms with Gasteiger partial charge in [0.15, 0.2) is 0 Å². The van der Waals surface area contributed by atoms with Crippen LogP contribution in [0.15, 0.2) is 18.2 Å². The number of β-amino-alcohol motifs (C(OH)–C–C–N with tert-alkyl or cyclic N) is 1. The van der Waals surface area contributed by atoms with Gasteiger partial charge in [-0.3, -0.25) is 19.8 Å². The molecule has 4 atom stereocenters. The molecule has 1 aliphatic rings. The van der Waals surface area contributed by atoms with Crippen molar-refractivity contribution in [3.63, 3.8) is 0 Å². The van der Waals surface area contributed by atoms with Gasteiger partial charge >= 0.3 is 5.97 Å². The molecule has 1 fully saturated rings. The largest absolute Gasteiger partial charge is 0.466 e. The van der Waals surface area contributed by atoms with Crippen molar-refractivity contribution in [1.82, 2.24) is 4.90 Å². The number of esters is 1. The standard InChI is InChI=1S/C22H35N3O8/c1-2-33-20(28)12-15-7-8-16(17(11-15)25(31)32)23-9-5-3-4-6-10-24-13-19(27)22(30)21(29)18(24)14-26/h7-8,11,18-19,21-23,26-27,29-30H,2-6,9-10,12-14H2,1H3/t18-,19+,21-,22-/m1/s1. The Labute approximate surface area is 193 Å². The molecule has 0 saturated carbocycles. The highest BCUT2D eigenvalue weighted by Crippen LogP contribution is 2.26. The predicted octanol–water partition coefficient (Wildman–Crippen LogP) is 0.432. The van der Waals surface area contributed by atoms with Gasteiger partial charge in [0.1, 0.15) is 17.9 Å². The Bertz CT molecular complexity index is 778. The molecule has 0 aromatic heterocycles. The molecule has 1 aliphatic heterocycles. The van der Waals surface area contributed by atoms with E-state index in [1.54, 1.807) is 24.0 Å². The lowest BCUT2D eigenvalue weighted by Gasteiger charge is -2.43. The minimum atomic E-state index is -1.26. The molecule has 5 N–H and O–H groups in total. The molecular weight excluding hydrogens is 434 g/mol. The van der Waals surface area contributed by atoms with E-state index in [1.807, 2.05) is 0 Å². The fourth-order valence-corrected chi connectivity index (χ4v) is 4.02. The second-order valence-electron chi connectivity index (χ2n) is 8.22. The Balaban J connectivity index is 1.74. The van der Waals surface area contributed by atoms with E-state index in [1.165, 1.54) is 6.07 Å². The molecule has 0 amide bonds. The molecular formula is C22H35N3O8. The number of hydrogen-bond donors (Lipinski definition) is 5. The first-order valence-electron chi connectivity index (χ1n) is 11.3. The monoisotopic (exact) mass is 469 g/mol. The molecule has 0 bridgehead atoms. The third-order valence-electron chi connectivity index (χ3n) is 5.82. The number of aliphatic hydroxyl groups is 4. The van der Waals surface area contributed by atoms with Gasteiger partial charge in [-0.2, -0.15) is 0 Å². The molecule has 33 heavy (non-hydrogen) atoms. The summed E-state index contributed by atoms with van der Waals surface area (Å²) in [6.45, 7) is 2.98. The van der Waals surface area contributed by atoms with Gasteiger partial charge in [0, 0.05) is 19.2 Å². The van der Waals surface area contributed by atoms with Crippen LogP contribution in [-0.4, -0.2) is 93.4 Å². The van der Waals surface area contributed by atoms with Crippen LogP contribution in [0, 0.1) is 10.1 Å². The number of ether oxygens (including phenoxy) is 1. The lowest BCUT2D eigenvalue weighted by Crippen LogP contribution is -2.62. The minimum Gasteiger partial charge on any atom is -0.466 e.